The molecule has 126 valence electrons. The number of rotatable bonds is 7. The van der Waals surface area contributed by atoms with E-state index in [9.17, 15) is 9.59 Å². The van der Waals surface area contributed by atoms with Gasteiger partial charge in [-0.1, -0.05) is 0 Å². The highest BCUT2D eigenvalue weighted by Gasteiger charge is 2.26. The molecule has 0 aliphatic carbocycles. The molecule has 3 N–H and O–H groups in total. The average Bonchev–Trinajstić information content (AvgIpc) is 2.59. The Bertz CT molecular complexity index is 512. The molecule has 1 unspecified atom stereocenters. The van der Waals surface area contributed by atoms with Crippen molar-refractivity contribution in [3.63, 3.8) is 0 Å². The Kier molecular flexibility index (Phi) is 7.35. The number of nitrogens with one attached hydrogen (secondary N) is 1. The monoisotopic (exact) mass is 336 g/mol. The molecule has 2 heterocycles. The number of pyridine rings is 1. The van der Waals surface area contributed by atoms with Crippen molar-refractivity contribution in [3.05, 3.63) is 24.5 Å². The van der Waals surface area contributed by atoms with Crippen LogP contribution in [0.3, 0.4) is 0 Å². The fourth-order valence-electron chi connectivity index (χ4n) is 2.65. The predicted molar refractivity (Wildman–Crippen MR) is 91.0 cm³/mol. The summed E-state index contributed by atoms with van der Waals surface area (Å²) in [5.41, 5.74) is 5.38. The van der Waals surface area contributed by atoms with Crippen LogP contribution in [0.4, 0.5) is 0 Å². The fourth-order valence-corrected chi connectivity index (χ4v) is 3.42. The molecule has 0 aromatic carbocycles. The summed E-state index contributed by atoms with van der Waals surface area (Å²) in [6.45, 7) is 1.64. The number of hydrogen-bond acceptors (Lipinski definition) is 5. The van der Waals surface area contributed by atoms with Crippen molar-refractivity contribution in [2.45, 2.75) is 36.6 Å². The van der Waals surface area contributed by atoms with Gasteiger partial charge >= 0.3 is 0 Å². The highest BCUT2D eigenvalue weighted by molar-refractivity contribution is 8.00. The molecular weight excluding hydrogens is 312 g/mol. The molecular formula is C16H24N4O2S. The topological polar surface area (TPSA) is 88.3 Å². The second-order valence-corrected chi connectivity index (χ2v) is 6.60. The van der Waals surface area contributed by atoms with Crippen LogP contribution in [-0.2, 0) is 9.59 Å². The summed E-state index contributed by atoms with van der Waals surface area (Å²) in [5.74, 6) is 0.498. The molecule has 1 aromatic rings. The standard InChI is InChI=1S/C16H24N4O2S/c17-7-4-15(21)19-11-13-3-1-2-10-20(13)16(22)12-23-14-5-8-18-9-6-14/h5-6,8-9,13H,1-4,7,10-12,17H2,(H,19,21). The Balaban J connectivity index is 1.84. The van der Waals surface area contributed by atoms with E-state index in [-0.39, 0.29) is 17.9 Å². The molecule has 1 atom stereocenters. The number of amides is 2. The Morgan fingerprint density at radius 3 is 2.87 bits per heavy atom. The summed E-state index contributed by atoms with van der Waals surface area (Å²) in [5, 5.41) is 2.88. The maximum atomic E-state index is 12.5. The van der Waals surface area contributed by atoms with Crippen LogP contribution < -0.4 is 11.1 Å². The minimum atomic E-state index is -0.0448. The van der Waals surface area contributed by atoms with E-state index in [1.807, 2.05) is 17.0 Å². The van der Waals surface area contributed by atoms with Gasteiger partial charge in [0.15, 0.2) is 0 Å². The summed E-state index contributed by atoms with van der Waals surface area (Å²) >= 11 is 1.52. The van der Waals surface area contributed by atoms with Gasteiger partial charge in [-0.2, -0.15) is 0 Å². The van der Waals surface area contributed by atoms with Crippen LogP contribution >= 0.6 is 11.8 Å². The number of nitrogens with zero attached hydrogens (tertiary/aromatic N) is 2. The number of carbonyl (C=O) groups is 2. The molecule has 0 spiro atoms. The molecule has 1 aliphatic rings. The third-order valence-electron chi connectivity index (χ3n) is 3.87. The Hall–Kier alpha value is -1.60. The molecule has 1 aromatic heterocycles. The highest BCUT2D eigenvalue weighted by atomic mass is 32.2. The Labute approximate surface area is 141 Å². The van der Waals surface area contributed by atoms with Crippen molar-refractivity contribution in [1.82, 2.24) is 15.2 Å². The number of piperidine rings is 1. The van der Waals surface area contributed by atoms with Crippen molar-refractivity contribution in [3.8, 4) is 0 Å². The van der Waals surface area contributed by atoms with Crippen molar-refractivity contribution in [2.24, 2.45) is 5.73 Å². The van der Waals surface area contributed by atoms with Gasteiger partial charge in [0.2, 0.25) is 11.8 Å². The van der Waals surface area contributed by atoms with E-state index in [0.717, 1.165) is 30.7 Å². The first kappa shape index (κ1) is 17.7. The fraction of sp³-hybridized carbons (Fsp3) is 0.562. The zero-order valence-corrected chi connectivity index (χ0v) is 14.1. The van der Waals surface area contributed by atoms with E-state index in [2.05, 4.69) is 10.3 Å². The molecule has 23 heavy (non-hydrogen) atoms. The molecule has 7 heteroatoms. The average molecular weight is 336 g/mol. The first-order valence-corrected chi connectivity index (χ1v) is 8.98. The van der Waals surface area contributed by atoms with Gasteiger partial charge in [0, 0.05) is 49.4 Å². The number of thioether (sulfide) groups is 1. The maximum absolute atomic E-state index is 12.5. The van der Waals surface area contributed by atoms with Crippen LogP contribution in [-0.4, -0.2) is 53.1 Å². The molecule has 2 rings (SSSR count). The van der Waals surface area contributed by atoms with Gasteiger partial charge < -0.3 is 16.0 Å². The molecule has 0 radical (unpaired) electrons. The second kappa shape index (κ2) is 9.52. The van der Waals surface area contributed by atoms with Crippen LogP contribution in [0.5, 0.6) is 0 Å². The molecule has 2 amide bonds. The molecule has 1 saturated heterocycles. The van der Waals surface area contributed by atoms with E-state index in [1.165, 1.54) is 11.8 Å². The lowest BCUT2D eigenvalue weighted by atomic mass is 10.0. The number of nitrogens with two attached hydrogens (primary N) is 1. The largest absolute Gasteiger partial charge is 0.354 e. The number of aromatic nitrogens is 1. The van der Waals surface area contributed by atoms with Gasteiger partial charge in [-0.05, 0) is 31.4 Å². The lowest BCUT2D eigenvalue weighted by Gasteiger charge is -2.36. The first-order valence-electron chi connectivity index (χ1n) is 7.99. The summed E-state index contributed by atoms with van der Waals surface area (Å²) in [6.07, 6.45) is 6.84. The molecule has 1 aliphatic heterocycles. The minimum Gasteiger partial charge on any atom is -0.354 e. The lowest BCUT2D eigenvalue weighted by molar-refractivity contribution is -0.132. The smallest absolute Gasteiger partial charge is 0.233 e. The number of likely N-dealkylation sites (tertiary alicyclic amines) is 1. The van der Waals surface area contributed by atoms with Crippen LogP contribution in [0, 0.1) is 0 Å². The maximum Gasteiger partial charge on any atom is 0.233 e. The number of carbonyl (C=O) groups excluding carboxylic acids is 2. The molecule has 6 nitrogen and oxygen atoms in total. The SMILES string of the molecule is NCCC(=O)NCC1CCCCN1C(=O)CSc1ccncc1. The molecule has 0 bridgehead atoms. The zero-order valence-electron chi connectivity index (χ0n) is 13.2. The van der Waals surface area contributed by atoms with E-state index in [4.69, 9.17) is 5.73 Å². The normalized spacial score (nSPS) is 17.8. The van der Waals surface area contributed by atoms with E-state index < -0.39 is 0 Å². The Morgan fingerprint density at radius 2 is 2.13 bits per heavy atom. The summed E-state index contributed by atoms with van der Waals surface area (Å²) < 4.78 is 0. The third kappa shape index (κ3) is 5.84. The predicted octanol–water partition coefficient (Wildman–Crippen LogP) is 1.02. The van der Waals surface area contributed by atoms with Crippen LogP contribution in [0.25, 0.3) is 0 Å². The van der Waals surface area contributed by atoms with Crippen LogP contribution in [0.2, 0.25) is 0 Å². The van der Waals surface area contributed by atoms with Crippen molar-refractivity contribution >= 4 is 23.6 Å². The van der Waals surface area contributed by atoms with Crippen molar-refractivity contribution in [2.75, 3.05) is 25.4 Å². The van der Waals surface area contributed by atoms with E-state index >= 15 is 0 Å². The molecule has 1 fully saturated rings. The third-order valence-corrected chi connectivity index (χ3v) is 4.86. The van der Waals surface area contributed by atoms with Gasteiger partial charge in [0.25, 0.3) is 0 Å². The van der Waals surface area contributed by atoms with Gasteiger partial charge in [-0.3, -0.25) is 14.6 Å². The minimum absolute atomic E-state index is 0.0448. The van der Waals surface area contributed by atoms with E-state index in [0.29, 0.717) is 25.3 Å². The van der Waals surface area contributed by atoms with E-state index in [1.54, 1.807) is 12.4 Å². The zero-order chi connectivity index (χ0) is 16.5. The lowest BCUT2D eigenvalue weighted by Crippen LogP contribution is -2.50. The molecule has 0 saturated carbocycles. The van der Waals surface area contributed by atoms with Gasteiger partial charge in [-0.15, -0.1) is 11.8 Å². The first-order chi connectivity index (χ1) is 11.2. The summed E-state index contributed by atoms with van der Waals surface area (Å²) in [4.78, 5) is 31.0. The second-order valence-electron chi connectivity index (χ2n) is 5.55. The summed E-state index contributed by atoms with van der Waals surface area (Å²) in [6, 6.07) is 3.90. The van der Waals surface area contributed by atoms with Gasteiger partial charge in [0.1, 0.15) is 0 Å². The summed E-state index contributed by atoms with van der Waals surface area (Å²) in [7, 11) is 0. The van der Waals surface area contributed by atoms with Gasteiger partial charge in [0.05, 0.1) is 5.75 Å². The highest BCUT2D eigenvalue weighted by Crippen LogP contribution is 2.21. The van der Waals surface area contributed by atoms with Gasteiger partial charge in [-0.25, -0.2) is 0 Å². The Morgan fingerprint density at radius 1 is 1.35 bits per heavy atom. The van der Waals surface area contributed by atoms with Crippen LogP contribution in [0.15, 0.2) is 29.4 Å². The quantitative estimate of drug-likeness (QED) is 0.726. The number of hydrogen-bond donors (Lipinski definition) is 2. The van der Waals surface area contributed by atoms with Crippen molar-refractivity contribution in [1.29, 1.82) is 0 Å². The van der Waals surface area contributed by atoms with Crippen LogP contribution in [0.1, 0.15) is 25.7 Å². The van der Waals surface area contributed by atoms with Crippen molar-refractivity contribution < 1.29 is 9.59 Å².